The van der Waals surface area contributed by atoms with Crippen LogP contribution in [0.3, 0.4) is 0 Å². The van der Waals surface area contributed by atoms with Crippen molar-refractivity contribution >= 4 is 47.7 Å². The van der Waals surface area contributed by atoms with Crippen LogP contribution in [0.1, 0.15) is 0 Å². The molecule has 0 saturated carbocycles. The molecule has 1 aromatic carbocycles. The summed E-state index contributed by atoms with van der Waals surface area (Å²) in [5.74, 6) is 0.250. The standard InChI is InChI=1S/C11H8Br2N2O2S/c12-8-6-10(13)14-11(7-8)15-18(16,17)9-4-2-1-3-5-9/h1-7H,(H,14,15). The molecule has 2 aromatic rings. The number of benzene rings is 1. The Kier molecular flexibility index (Phi) is 4.04. The highest BCUT2D eigenvalue weighted by Crippen LogP contribution is 2.21. The average molecular weight is 392 g/mol. The predicted molar refractivity (Wildman–Crippen MR) is 76.9 cm³/mol. The molecule has 0 spiro atoms. The molecule has 1 heterocycles. The van der Waals surface area contributed by atoms with Crippen molar-refractivity contribution in [2.75, 3.05) is 4.72 Å². The molecule has 0 amide bonds. The van der Waals surface area contributed by atoms with Gasteiger partial charge in [0.1, 0.15) is 10.4 Å². The minimum atomic E-state index is -3.60. The van der Waals surface area contributed by atoms with Crippen LogP contribution in [0.2, 0.25) is 0 Å². The zero-order valence-corrected chi connectivity index (χ0v) is 13.0. The lowest BCUT2D eigenvalue weighted by atomic mass is 10.4. The van der Waals surface area contributed by atoms with Crippen LogP contribution in [0.5, 0.6) is 0 Å². The Balaban J connectivity index is 2.34. The zero-order valence-electron chi connectivity index (χ0n) is 8.97. The van der Waals surface area contributed by atoms with E-state index in [9.17, 15) is 8.42 Å². The molecule has 2 rings (SSSR count). The number of pyridine rings is 1. The first kappa shape index (κ1) is 13.5. The van der Waals surface area contributed by atoms with Gasteiger partial charge < -0.3 is 0 Å². The molecule has 0 aliphatic rings. The fourth-order valence-electron chi connectivity index (χ4n) is 1.31. The van der Waals surface area contributed by atoms with E-state index in [0.29, 0.717) is 4.60 Å². The summed E-state index contributed by atoms with van der Waals surface area (Å²) in [4.78, 5) is 4.24. The first-order valence-electron chi connectivity index (χ1n) is 4.88. The van der Waals surface area contributed by atoms with Gasteiger partial charge >= 0.3 is 0 Å². The van der Waals surface area contributed by atoms with Gasteiger partial charge in [-0.1, -0.05) is 34.1 Å². The van der Waals surface area contributed by atoms with Crippen molar-refractivity contribution in [2.45, 2.75) is 4.90 Å². The Labute approximate surface area is 122 Å². The summed E-state index contributed by atoms with van der Waals surface area (Å²) in [5, 5.41) is 0. The number of halogens is 2. The summed E-state index contributed by atoms with van der Waals surface area (Å²) >= 11 is 6.47. The van der Waals surface area contributed by atoms with Crippen LogP contribution < -0.4 is 4.72 Å². The number of nitrogens with zero attached hydrogens (tertiary/aromatic N) is 1. The molecular formula is C11H8Br2N2O2S. The molecule has 0 radical (unpaired) electrons. The summed E-state index contributed by atoms with van der Waals surface area (Å²) in [6, 6.07) is 11.4. The van der Waals surface area contributed by atoms with Crippen molar-refractivity contribution in [3.63, 3.8) is 0 Å². The number of nitrogens with one attached hydrogen (secondary N) is 1. The van der Waals surface area contributed by atoms with Gasteiger partial charge in [-0.05, 0) is 40.2 Å². The Bertz CT molecular complexity index is 640. The lowest BCUT2D eigenvalue weighted by molar-refractivity contribution is 0.601. The highest BCUT2D eigenvalue weighted by Gasteiger charge is 2.14. The highest BCUT2D eigenvalue weighted by molar-refractivity contribution is 9.11. The van der Waals surface area contributed by atoms with Crippen molar-refractivity contribution in [1.82, 2.24) is 4.98 Å². The van der Waals surface area contributed by atoms with Gasteiger partial charge in [-0.15, -0.1) is 0 Å². The second-order valence-electron chi connectivity index (χ2n) is 3.41. The Hall–Kier alpha value is -0.920. The SMILES string of the molecule is O=S(=O)(Nc1cc(Br)cc(Br)n1)c1ccccc1. The lowest BCUT2D eigenvalue weighted by Gasteiger charge is -2.07. The predicted octanol–water partition coefficient (Wildman–Crippen LogP) is 3.41. The number of anilines is 1. The van der Waals surface area contributed by atoms with Gasteiger partial charge in [0, 0.05) is 4.47 Å². The molecule has 0 saturated heterocycles. The maximum absolute atomic E-state index is 12.0. The van der Waals surface area contributed by atoms with Gasteiger partial charge in [0.15, 0.2) is 0 Å². The smallest absolute Gasteiger partial charge is 0.263 e. The minimum absolute atomic E-state index is 0.197. The first-order valence-corrected chi connectivity index (χ1v) is 7.95. The second kappa shape index (κ2) is 5.38. The summed E-state index contributed by atoms with van der Waals surface area (Å²) in [7, 11) is -3.60. The minimum Gasteiger partial charge on any atom is -0.263 e. The van der Waals surface area contributed by atoms with Crippen molar-refractivity contribution in [3.8, 4) is 0 Å². The molecule has 4 nitrogen and oxygen atoms in total. The molecule has 0 aliphatic carbocycles. The molecule has 0 bridgehead atoms. The molecule has 94 valence electrons. The normalized spacial score (nSPS) is 11.2. The molecule has 1 N–H and O–H groups in total. The van der Waals surface area contributed by atoms with Gasteiger partial charge in [0.05, 0.1) is 4.90 Å². The average Bonchev–Trinajstić information content (AvgIpc) is 2.28. The topological polar surface area (TPSA) is 59.1 Å². The van der Waals surface area contributed by atoms with Gasteiger partial charge in [-0.3, -0.25) is 4.72 Å². The van der Waals surface area contributed by atoms with Crippen molar-refractivity contribution in [2.24, 2.45) is 0 Å². The summed E-state index contributed by atoms with van der Waals surface area (Å²) in [6.07, 6.45) is 0. The molecular weight excluding hydrogens is 384 g/mol. The van der Waals surface area contributed by atoms with Gasteiger partial charge in [0.25, 0.3) is 10.0 Å². The Morgan fingerprint density at radius 2 is 1.72 bits per heavy atom. The largest absolute Gasteiger partial charge is 0.263 e. The molecule has 0 unspecified atom stereocenters. The van der Waals surface area contributed by atoms with E-state index in [1.807, 2.05) is 0 Å². The number of aromatic nitrogens is 1. The fourth-order valence-corrected chi connectivity index (χ4v) is 3.51. The van der Waals surface area contributed by atoms with E-state index in [4.69, 9.17) is 0 Å². The van der Waals surface area contributed by atoms with Crippen LogP contribution in [0.15, 0.2) is 56.4 Å². The fraction of sp³-hybridized carbons (Fsp3) is 0. The van der Waals surface area contributed by atoms with Crippen LogP contribution in [-0.4, -0.2) is 13.4 Å². The van der Waals surface area contributed by atoms with Gasteiger partial charge in [-0.2, -0.15) is 0 Å². The number of sulfonamides is 1. The molecule has 0 fully saturated rings. The quantitative estimate of drug-likeness (QED) is 0.815. The summed E-state index contributed by atoms with van der Waals surface area (Å²) in [6.45, 7) is 0. The van der Waals surface area contributed by atoms with Crippen LogP contribution in [0.4, 0.5) is 5.82 Å². The van der Waals surface area contributed by atoms with E-state index < -0.39 is 10.0 Å². The first-order chi connectivity index (χ1) is 8.47. The molecule has 7 heteroatoms. The molecule has 18 heavy (non-hydrogen) atoms. The second-order valence-corrected chi connectivity index (χ2v) is 6.82. The van der Waals surface area contributed by atoms with E-state index in [2.05, 4.69) is 41.6 Å². The van der Waals surface area contributed by atoms with Crippen molar-refractivity contribution in [1.29, 1.82) is 0 Å². The van der Waals surface area contributed by atoms with E-state index in [1.54, 1.807) is 30.3 Å². The van der Waals surface area contributed by atoms with E-state index in [-0.39, 0.29) is 10.7 Å². The molecule has 0 aliphatic heterocycles. The van der Waals surface area contributed by atoms with Crippen LogP contribution in [-0.2, 0) is 10.0 Å². The number of rotatable bonds is 3. The third-order valence-corrected chi connectivity index (χ3v) is 4.29. The maximum atomic E-state index is 12.0. The van der Waals surface area contributed by atoms with Crippen molar-refractivity contribution in [3.05, 3.63) is 51.5 Å². The number of hydrogen-bond donors (Lipinski definition) is 1. The van der Waals surface area contributed by atoms with Crippen molar-refractivity contribution < 1.29 is 8.42 Å². The molecule has 1 aromatic heterocycles. The maximum Gasteiger partial charge on any atom is 0.263 e. The van der Waals surface area contributed by atoms with Crippen LogP contribution >= 0.6 is 31.9 Å². The van der Waals surface area contributed by atoms with E-state index in [0.717, 1.165) is 4.47 Å². The third kappa shape index (κ3) is 3.30. The monoisotopic (exact) mass is 390 g/mol. The summed E-state index contributed by atoms with van der Waals surface area (Å²) < 4.78 is 27.8. The zero-order chi connectivity index (χ0) is 13.2. The summed E-state index contributed by atoms with van der Waals surface area (Å²) in [5.41, 5.74) is 0. The van der Waals surface area contributed by atoms with Gasteiger partial charge in [-0.25, -0.2) is 13.4 Å². The molecule has 0 atom stereocenters. The lowest BCUT2D eigenvalue weighted by Crippen LogP contribution is -2.13. The van der Waals surface area contributed by atoms with E-state index >= 15 is 0 Å². The highest BCUT2D eigenvalue weighted by atomic mass is 79.9. The Morgan fingerprint density at radius 1 is 1.06 bits per heavy atom. The van der Waals surface area contributed by atoms with Crippen LogP contribution in [0.25, 0.3) is 0 Å². The Morgan fingerprint density at radius 3 is 2.33 bits per heavy atom. The van der Waals surface area contributed by atoms with Gasteiger partial charge in [0.2, 0.25) is 0 Å². The number of hydrogen-bond acceptors (Lipinski definition) is 3. The van der Waals surface area contributed by atoms with E-state index in [1.165, 1.54) is 12.1 Å². The van der Waals surface area contributed by atoms with Crippen LogP contribution in [0, 0.1) is 0 Å². The third-order valence-electron chi connectivity index (χ3n) is 2.05.